The van der Waals surface area contributed by atoms with E-state index in [2.05, 4.69) is 55.2 Å². The first-order chi connectivity index (χ1) is 7.27. The van der Waals surface area contributed by atoms with Gasteiger partial charge in [0.1, 0.15) is 7.05 Å². The standard InChI is InChI=1S/C13H23N2/c1-4-12(5-2)14-10-9-13-8-6-7-11-15(13)3/h6-8,11-12,14H,4-5,9-10H2,1-3H3/q+1. The summed E-state index contributed by atoms with van der Waals surface area (Å²) in [6.45, 7) is 5.55. The van der Waals surface area contributed by atoms with Crippen molar-refractivity contribution in [2.45, 2.75) is 39.2 Å². The van der Waals surface area contributed by atoms with Gasteiger partial charge in [0.15, 0.2) is 11.9 Å². The molecule has 0 unspecified atom stereocenters. The van der Waals surface area contributed by atoms with Crippen LogP contribution in [0.4, 0.5) is 0 Å². The first-order valence-corrected chi connectivity index (χ1v) is 5.94. The van der Waals surface area contributed by atoms with Crippen LogP contribution in [0.25, 0.3) is 0 Å². The fourth-order valence-corrected chi connectivity index (χ4v) is 1.80. The normalized spacial score (nSPS) is 10.9. The number of aryl methyl sites for hydroxylation is 1. The van der Waals surface area contributed by atoms with E-state index in [0.29, 0.717) is 6.04 Å². The Hall–Kier alpha value is -0.890. The summed E-state index contributed by atoms with van der Waals surface area (Å²) in [6, 6.07) is 7.04. The van der Waals surface area contributed by atoms with Crippen LogP contribution in [0.5, 0.6) is 0 Å². The van der Waals surface area contributed by atoms with Crippen molar-refractivity contribution in [2.75, 3.05) is 6.54 Å². The van der Waals surface area contributed by atoms with Crippen molar-refractivity contribution >= 4 is 0 Å². The maximum absolute atomic E-state index is 3.58. The van der Waals surface area contributed by atoms with Crippen molar-refractivity contribution in [3.05, 3.63) is 30.1 Å². The van der Waals surface area contributed by atoms with Crippen LogP contribution in [-0.4, -0.2) is 12.6 Å². The molecule has 84 valence electrons. The van der Waals surface area contributed by atoms with Crippen LogP contribution >= 0.6 is 0 Å². The van der Waals surface area contributed by atoms with Gasteiger partial charge in [-0.2, -0.15) is 0 Å². The average molecular weight is 207 g/mol. The molecule has 0 spiro atoms. The number of nitrogens with zero attached hydrogens (tertiary/aromatic N) is 1. The highest BCUT2D eigenvalue weighted by molar-refractivity contribution is 4.97. The summed E-state index contributed by atoms with van der Waals surface area (Å²) in [4.78, 5) is 0. The summed E-state index contributed by atoms with van der Waals surface area (Å²) in [7, 11) is 2.10. The lowest BCUT2D eigenvalue weighted by Crippen LogP contribution is -2.36. The van der Waals surface area contributed by atoms with Crippen LogP contribution in [0.1, 0.15) is 32.4 Å². The van der Waals surface area contributed by atoms with E-state index in [1.807, 2.05) is 0 Å². The largest absolute Gasteiger partial charge is 0.313 e. The number of rotatable bonds is 6. The summed E-state index contributed by atoms with van der Waals surface area (Å²) in [6.07, 6.45) is 5.65. The van der Waals surface area contributed by atoms with Gasteiger partial charge in [-0.15, -0.1) is 0 Å². The Labute approximate surface area is 93.3 Å². The fourth-order valence-electron chi connectivity index (χ4n) is 1.80. The van der Waals surface area contributed by atoms with Gasteiger partial charge in [-0.3, -0.25) is 0 Å². The Morgan fingerprint density at radius 1 is 1.27 bits per heavy atom. The number of nitrogens with one attached hydrogen (secondary N) is 1. The monoisotopic (exact) mass is 207 g/mol. The lowest BCUT2D eigenvalue weighted by molar-refractivity contribution is -0.679. The minimum Gasteiger partial charge on any atom is -0.313 e. The zero-order valence-corrected chi connectivity index (χ0v) is 10.2. The predicted molar refractivity (Wildman–Crippen MR) is 63.7 cm³/mol. The van der Waals surface area contributed by atoms with Crippen molar-refractivity contribution in [3.8, 4) is 0 Å². The van der Waals surface area contributed by atoms with E-state index >= 15 is 0 Å². The number of aromatic nitrogens is 1. The van der Waals surface area contributed by atoms with Crippen molar-refractivity contribution in [3.63, 3.8) is 0 Å². The summed E-state index contributed by atoms with van der Waals surface area (Å²) >= 11 is 0. The topological polar surface area (TPSA) is 15.9 Å². The molecule has 15 heavy (non-hydrogen) atoms. The number of hydrogen-bond donors (Lipinski definition) is 1. The SMILES string of the molecule is CCC(CC)NCCc1cccc[n+]1C. The van der Waals surface area contributed by atoms with Gasteiger partial charge in [-0.1, -0.05) is 19.9 Å². The maximum Gasteiger partial charge on any atom is 0.182 e. The minimum atomic E-state index is 0.680. The predicted octanol–water partition coefficient (Wildman–Crippen LogP) is 1.83. The molecule has 0 saturated heterocycles. The molecule has 0 fully saturated rings. The molecule has 0 aliphatic carbocycles. The molecule has 2 nitrogen and oxygen atoms in total. The van der Waals surface area contributed by atoms with Gasteiger partial charge in [0.2, 0.25) is 0 Å². The molecular formula is C13H23N2+. The molecule has 1 N–H and O–H groups in total. The second kappa shape index (κ2) is 6.57. The molecule has 0 radical (unpaired) electrons. The van der Waals surface area contributed by atoms with E-state index in [9.17, 15) is 0 Å². The molecule has 1 aromatic heterocycles. The molecular weight excluding hydrogens is 184 g/mol. The van der Waals surface area contributed by atoms with Crippen molar-refractivity contribution in [1.82, 2.24) is 5.32 Å². The van der Waals surface area contributed by atoms with E-state index in [4.69, 9.17) is 0 Å². The molecule has 0 amide bonds. The third kappa shape index (κ3) is 4.00. The second-order valence-electron chi connectivity index (χ2n) is 4.02. The first-order valence-electron chi connectivity index (χ1n) is 5.94. The van der Waals surface area contributed by atoms with Gasteiger partial charge in [0, 0.05) is 31.1 Å². The molecule has 1 aromatic rings. The van der Waals surface area contributed by atoms with Crippen molar-refractivity contribution in [1.29, 1.82) is 0 Å². The third-order valence-electron chi connectivity index (χ3n) is 2.96. The maximum atomic E-state index is 3.58. The van der Waals surface area contributed by atoms with E-state index in [0.717, 1.165) is 13.0 Å². The Morgan fingerprint density at radius 3 is 2.60 bits per heavy atom. The summed E-state index contributed by atoms with van der Waals surface area (Å²) in [5.74, 6) is 0. The highest BCUT2D eigenvalue weighted by atomic mass is 14.9. The third-order valence-corrected chi connectivity index (χ3v) is 2.96. The molecule has 0 aliphatic heterocycles. The zero-order chi connectivity index (χ0) is 11.1. The van der Waals surface area contributed by atoms with Gasteiger partial charge in [0.05, 0.1) is 0 Å². The van der Waals surface area contributed by atoms with E-state index in [1.54, 1.807) is 0 Å². The average Bonchev–Trinajstić information content (AvgIpc) is 2.27. The van der Waals surface area contributed by atoms with Crippen molar-refractivity contribution in [2.24, 2.45) is 7.05 Å². The smallest absolute Gasteiger partial charge is 0.182 e. The van der Waals surface area contributed by atoms with Gasteiger partial charge in [0.25, 0.3) is 0 Å². The number of hydrogen-bond acceptors (Lipinski definition) is 1. The first kappa shape index (κ1) is 12.2. The fraction of sp³-hybridized carbons (Fsp3) is 0.615. The molecule has 0 aromatic carbocycles. The van der Waals surface area contributed by atoms with Gasteiger partial charge < -0.3 is 5.32 Å². The molecule has 0 saturated carbocycles. The number of pyridine rings is 1. The van der Waals surface area contributed by atoms with Crippen molar-refractivity contribution < 1.29 is 4.57 Å². The highest BCUT2D eigenvalue weighted by Gasteiger charge is 2.06. The highest BCUT2D eigenvalue weighted by Crippen LogP contribution is 1.97. The Kier molecular flexibility index (Phi) is 5.33. The lowest BCUT2D eigenvalue weighted by Gasteiger charge is -2.13. The van der Waals surface area contributed by atoms with Gasteiger partial charge in [-0.05, 0) is 12.8 Å². The van der Waals surface area contributed by atoms with Crippen LogP contribution in [0.15, 0.2) is 24.4 Å². The minimum absolute atomic E-state index is 0.680. The lowest BCUT2D eigenvalue weighted by atomic mass is 10.1. The van der Waals surface area contributed by atoms with Crippen LogP contribution in [0.2, 0.25) is 0 Å². The molecule has 0 atom stereocenters. The van der Waals surface area contributed by atoms with E-state index < -0.39 is 0 Å². The van der Waals surface area contributed by atoms with Crippen LogP contribution in [0.3, 0.4) is 0 Å². The molecule has 0 bridgehead atoms. The van der Waals surface area contributed by atoms with E-state index in [1.165, 1.54) is 18.5 Å². The van der Waals surface area contributed by atoms with Crippen LogP contribution in [-0.2, 0) is 13.5 Å². The van der Waals surface area contributed by atoms with Crippen LogP contribution in [0, 0.1) is 0 Å². The second-order valence-corrected chi connectivity index (χ2v) is 4.02. The van der Waals surface area contributed by atoms with Gasteiger partial charge >= 0.3 is 0 Å². The molecule has 0 aliphatic rings. The summed E-state index contributed by atoms with van der Waals surface area (Å²) in [5, 5.41) is 3.58. The summed E-state index contributed by atoms with van der Waals surface area (Å²) in [5.41, 5.74) is 1.39. The molecule has 1 heterocycles. The van der Waals surface area contributed by atoms with Gasteiger partial charge in [-0.25, -0.2) is 4.57 Å². The Morgan fingerprint density at radius 2 is 2.00 bits per heavy atom. The quantitative estimate of drug-likeness (QED) is 0.704. The Balaban J connectivity index is 2.34. The molecule has 2 heteroatoms. The zero-order valence-electron chi connectivity index (χ0n) is 10.2. The van der Waals surface area contributed by atoms with E-state index in [-0.39, 0.29) is 0 Å². The van der Waals surface area contributed by atoms with Crippen LogP contribution < -0.4 is 9.88 Å². The Bertz CT molecular complexity index is 280. The molecule has 1 rings (SSSR count). The summed E-state index contributed by atoms with van der Waals surface area (Å²) < 4.78 is 2.19.